The summed E-state index contributed by atoms with van der Waals surface area (Å²) in [6.07, 6.45) is 3.32. The van der Waals surface area contributed by atoms with Crippen LogP contribution >= 0.6 is 23.2 Å². The first-order valence-electron chi connectivity index (χ1n) is 6.86. The van der Waals surface area contributed by atoms with E-state index in [0.717, 1.165) is 5.56 Å². The second-order valence-electron chi connectivity index (χ2n) is 4.85. The van der Waals surface area contributed by atoms with Crippen molar-refractivity contribution in [2.24, 2.45) is 0 Å². The van der Waals surface area contributed by atoms with Gasteiger partial charge in [-0.05, 0) is 29.8 Å². The van der Waals surface area contributed by atoms with E-state index in [4.69, 9.17) is 27.9 Å². The van der Waals surface area contributed by atoms with Gasteiger partial charge in [0.2, 0.25) is 0 Å². The monoisotopic (exact) mass is 346 g/mol. The second kappa shape index (κ2) is 6.86. The summed E-state index contributed by atoms with van der Waals surface area (Å²) in [5, 5.41) is 5.11. The zero-order valence-corrected chi connectivity index (χ0v) is 13.5. The largest absolute Gasteiger partial charge is 0.426 e. The topological polar surface area (TPSA) is 44.1 Å². The Morgan fingerprint density at radius 1 is 1.13 bits per heavy atom. The maximum Gasteiger partial charge on any atom is 0.315 e. The lowest BCUT2D eigenvalue weighted by atomic mass is 10.1. The van der Waals surface area contributed by atoms with Crippen LogP contribution in [-0.2, 0) is 11.2 Å². The molecule has 0 aliphatic carbocycles. The molecule has 2 aromatic carbocycles. The minimum absolute atomic E-state index is 0.134. The van der Waals surface area contributed by atoms with Crippen LogP contribution in [-0.4, -0.2) is 15.7 Å². The molecule has 0 fully saturated rings. The molecule has 1 heterocycles. The van der Waals surface area contributed by atoms with Crippen LogP contribution in [0.2, 0.25) is 10.0 Å². The molecule has 3 aromatic rings. The molecular weight excluding hydrogens is 335 g/mol. The van der Waals surface area contributed by atoms with Crippen molar-refractivity contribution >= 4 is 29.2 Å². The summed E-state index contributed by atoms with van der Waals surface area (Å²) < 4.78 is 6.84. The first-order chi connectivity index (χ1) is 11.1. The molecule has 116 valence electrons. The number of carbonyl (C=O) groups is 1. The lowest BCUT2D eigenvalue weighted by Gasteiger charge is -2.08. The van der Waals surface area contributed by atoms with Gasteiger partial charge in [-0.2, -0.15) is 5.10 Å². The number of rotatable bonds is 4. The molecule has 1 aromatic heterocycles. The average Bonchev–Trinajstić information content (AvgIpc) is 2.94. The average molecular weight is 347 g/mol. The van der Waals surface area contributed by atoms with Crippen LogP contribution in [0, 0.1) is 0 Å². The van der Waals surface area contributed by atoms with Crippen LogP contribution in [0.15, 0.2) is 60.9 Å². The SMILES string of the molecule is O=C(Cc1ccc(-n2cc(Cl)cn2)c(Cl)c1)Oc1ccccc1. The third kappa shape index (κ3) is 3.92. The highest BCUT2D eigenvalue weighted by molar-refractivity contribution is 6.32. The van der Waals surface area contributed by atoms with Gasteiger partial charge in [0, 0.05) is 6.20 Å². The number of esters is 1. The van der Waals surface area contributed by atoms with E-state index < -0.39 is 0 Å². The summed E-state index contributed by atoms with van der Waals surface area (Å²) in [4.78, 5) is 12.0. The molecule has 0 spiro atoms. The number of hydrogen-bond acceptors (Lipinski definition) is 3. The van der Waals surface area contributed by atoms with Crippen molar-refractivity contribution in [3.05, 3.63) is 76.5 Å². The van der Waals surface area contributed by atoms with Gasteiger partial charge in [-0.25, -0.2) is 4.68 Å². The zero-order chi connectivity index (χ0) is 16.2. The molecule has 0 radical (unpaired) electrons. The van der Waals surface area contributed by atoms with E-state index in [1.54, 1.807) is 35.1 Å². The number of ether oxygens (including phenoxy) is 1. The van der Waals surface area contributed by atoms with Gasteiger partial charge in [0.15, 0.2) is 0 Å². The fourth-order valence-corrected chi connectivity index (χ4v) is 2.53. The number of nitrogens with zero attached hydrogens (tertiary/aromatic N) is 2. The van der Waals surface area contributed by atoms with Crippen molar-refractivity contribution in [1.29, 1.82) is 0 Å². The lowest BCUT2D eigenvalue weighted by Crippen LogP contribution is -2.11. The van der Waals surface area contributed by atoms with Gasteiger partial charge in [0.1, 0.15) is 5.75 Å². The minimum Gasteiger partial charge on any atom is -0.426 e. The highest BCUT2D eigenvalue weighted by Crippen LogP contribution is 2.23. The van der Waals surface area contributed by atoms with Crippen LogP contribution in [0.3, 0.4) is 0 Å². The van der Waals surface area contributed by atoms with Gasteiger partial charge in [-0.1, -0.05) is 47.5 Å². The third-order valence-electron chi connectivity index (χ3n) is 3.13. The Balaban J connectivity index is 1.72. The third-order valence-corrected chi connectivity index (χ3v) is 3.63. The van der Waals surface area contributed by atoms with Gasteiger partial charge in [0.05, 0.1) is 28.4 Å². The summed E-state index contributed by atoms with van der Waals surface area (Å²) in [6.45, 7) is 0. The van der Waals surface area contributed by atoms with Crippen molar-refractivity contribution in [2.45, 2.75) is 6.42 Å². The van der Waals surface area contributed by atoms with Crippen molar-refractivity contribution in [1.82, 2.24) is 9.78 Å². The van der Waals surface area contributed by atoms with Crippen molar-refractivity contribution < 1.29 is 9.53 Å². The van der Waals surface area contributed by atoms with Crippen LogP contribution in [0.1, 0.15) is 5.56 Å². The zero-order valence-electron chi connectivity index (χ0n) is 11.9. The molecule has 0 saturated heterocycles. The summed E-state index contributed by atoms with van der Waals surface area (Å²) >= 11 is 12.1. The van der Waals surface area contributed by atoms with Gasteiger partial charge in [-0.15, -0.1) is 0 Å². The number of hydrogen-bond donors (Lipinski definition) is 0. The maximum atomic E-state index is 12.0. The predicted octanol–water partition coefficient (Wildman–Crippen LogP) is 4.33. The Morgan fingerprint density at radius 2 is 1.91 bits per heavy atom. The molecule has 4 nitrogen and oxygen atoms in total. The minimum atomic E-state index is -0.345. The quantitative estimate of drug-likeness (QED) is 0.521. The van der Waals surface area contributed by atoms with Gasteiger partial charge in [-0.3, -0.25) is 4.79 Å². The van der Waals surface area contributed by atoms with E-state index in [1.165, 1.54) is 6.20 Å². The van der Waals surface area contributed by atoms with Gasteiger partial charge in [0.25, 0.3) is 0 Å². The molecular formula is C17H12Cl2N2O2. The first kappa shape index (κ1) is 15.6. The Hall–Kier alpha value is -2.30. The maximum absolute atomic E-state index is 12.0. The van der Waals surface area contributed by atoms with Crippen molar-refractivity contribution in [2.75, 3.05) is 0 Å². The molecule has 0 aliphatic rings. The van der Waals surface area contributed by atoms with Crippen molar-refractivity contribution in [3.8, 4) is 11.4 Å². The lowest BCUT2D eigenvalue weighted by molar-refractivity contribution is -0.133. The number of carbonyl (C=O) groups excluding carboxylic acids is 1. The van der Waals surface area contributed by atoms with Gasteiger partial charge >= 0.3 is 5.97 Å². The molecule has 0 bridgehead atoms. The fourth-order valence-electron chi connectivity index (χ4n) is 2.10. The Bertz CT molecular complexity index is 832. The predicted molar refractivity (Wildman–Crippen MR) is 89.4 cm³/mol. The molecule has 3 rings (SSSR count). The summed E-state index contributed by atoms with van der Waals surface area (Å²) in [7, 11) is 0. The molecule has 0 unspecified atom stereocenters. The van der Waals surface area contributed by atoms with Gasteiger partial charge < -0.3 is 4.74 Å². The number of aromatic nitrogens is 2. The van der Waals surface area contributed by atoms with Crippen LogP contribution in [0.25, 0.3) is 5.69 Å². The fraction of sp³-hybridized carbons (Fsp3) is 0.0588. The Kier molecular flexibility index (Phi) is 4.65. The molecule has 6 heteroatoms. The van der Waals surface area contributed by atoms with E-state index in [-0.39, 0.29) is 12.4 Å². The van der Waals surface area contributed by atoms with E-state index in [0.29, 0.717) is 21.5 Å². The second-order valence-corrected chi connectivity index (χ2v) is 5.70. The standard InChI is InChI=1S/C17H12Cl2N2O2/c18-13-10-20-21(11-13)16-7-6-12(8-15(16)19)9-17(22)23-14-4-2-1-3-5-14/h1-8,10-11H,9H2. The smallest absolute Gasteiger partial charge is 0.315 e. The normalized spacial score (nSPS) is 10.5. The molecule has 0 saturated carbocycles. The molecule has 0 aliphatic heterocycles. The molecule has 0 atom stereocenters. The number of benzene rings is 2. The van der Waals surface area contributed by atoms with E-state index in [2.05, 4.69) is 5.10 Å². The summed E-state index contributed by atoms with van der Waals surface area (Å²) in [6, 6.07) is 14.3. The summed E-state index contributed by atoms with van der Waals surface area (Å²) in [5.41, 5.74) is 1.46. The van der Waals surface area contributed by atoms with Crippen LogP contribution in [0.4, 0.5) is 0 Å². The molecule has 23 heavy (non-hydrogen) atoms. The number of para-hydroxylation sites is 1. The summed E-state index contributed by atoms with van der Waals surface area (Å²) in [5.74, 6) is 0.175. The highest BCUT2D eigenvalue weighted by atomic mass is 35.5. The highest BCUT2D eigenvalue weighted by Gasteiger charge is 2.10. The van der Waals surface area contributed by atoms with E-state index >= 15 is 0 Å². The Labute approximate surface area is 143 Å². The van der Waals surface area contributed by atoms with E-state index in [9.17, 15) is 4.79 Å². The van der Waals surface area contributed by atoms with Crippen molar-refractivity contribution in [3.63, 3.8) is 0 Å². The van der Waals surface area contributed by atoms with Crippen LogP contribution < -0.4 is 4.74 Å². The molecule has 0 N–H and O–H groups in total. The van der Waals surface area contributed by atoms with E-state index in [1.807, 2.05) is 24.3 Å². The van der Waals surface area contributed by atoms with Crippen LogP contribution in [0.5, 0.6) is 5.75 Å². The first-order valence-corrected chi connectivity index (χ1v) is 7.62. The molecule has 0 amide bonds. The Morgan fingerprint density at radius 3 is 2.57 bits per heavy atom. The number of halogens is 2.